The third-order valence-electron chi connectivity index (χ3n) is 2.48. The SMILES string of the molecule is O=C1NCCNC1c1ccc(OC(F)(F)F)cc1. The normalized spacial score (nSPS) is 20.4. The molecule has 0 aromatic heterocycles. The number of carbonyl (C=O) groups is 1. The first-order valence-electron chi connectivity index (χ1n) is 5.32. The van der Waals surface area contributed by atoms with Crippen LogP contribution in [0.2, 0.25) is 0 Å². The first kappa shape index (κ1) is 12.7. The molecule has 2 rings (SSSR count). The van der Waals surface area contributed by atoms with E-state index in [-0.39, 0.29) is 11.7 Å². The van der Waals surface area contributed by atoms with Gasteiger partial charge in [0.1, 0.15) is 11.8 Å². The molecule has 4 nitrogen and oxygen atoms in total. The molecule has 1 fully saturated rings. The highest BCUT2D eigenvalue weighted by atomic mass is 19.4. The van der Waals surface area contributed by atoms with Crippen LogP contribution in [0.25, 0.3) is 0 Å². The highest BCUT2D eigenvalue weighted by molar-refractivity contribution is 5.83. The van der Waals surface area contributed by atoms with Crippen molar-refractivity contribution in [2.45, 2.75) is 12.4 Å². The Hall–Kier alpha value is -1.76. The minimum Gasteiger partial charge on any atom is -0.406 e. The van der Waals surface area contributed by atoms with Crippen LogP contribution in [0.4, 0.5) is 13.2 Å². The van der Waals surface area contributed by atoms with Crippen LogP contribution in [0.3, 0.4) is 0 Å². The summed E-state index contributed by atoms with van der Waals surface area (Å²) in [6, 6.07) is 4.71. The van der Waals surface area contributed by atoms with Crippen molar-refractivity contribution < 1.29 is 22.7 Å². The number of halogens is 3. The molecule has 7 heteroatoms. The Labute approximate surface area is 101 Å². The number of hydrogen-bond acceptors (Lipinski definition) is 3. The monoisotopic (exact) mass is 260 g/mol. The van der Waals surface area contributed by atoms with Gasteiger partial charge in [0.25, 0.3) is 0 Å². The Bertz CT molecular complexity index is 431. The number of piperazine rings is 1. The molecule has 18 heavy (non-hydrogen) atoms. The Morgan fingerprint density at radius 2 is 1.83 bits per heavy atom. The van der Waals surface area contributed by atoms with Gasteiger partial charge >= 0.3 is 6.36 Å². The molecule has 0 aliphatic carbocycles. The number of hydrogen-bond donors (Lipinski definition) is 2. The summed E-state index contributed by atoms with van der Waals surface area (Å²) in [5.74, 6) is -0.492. The lowest BCUT2D eigenvalue weighted by Gasteiger charge is -2.23. The van der Waals surface area contributed by atoms with E-state index in [2.05, 4.69) is 15.4 Å². The zero-order chi connectivity index (χ0) is 13.2. The average molecular weight is 260 g/mol. The second kappa shape index (κ2) is 4.85. The minimum absolute atomic E-state index is 0.189. The molecule has 1 aromatic rings. The molecule has 1 amide bonds. The zero-order valence-corrected chi connectivity index (χ0v) is 9.25. The smallest absolute Gasteiger partial charge is 0.406 e. The predicted molar refractivity (Wildman–Crippen MR) is 56.9 cm³/mol. The Balaban J connectivity index is 2.09. The van der Waals surface area contributed by atoms with E-state index in [0.29, 0.717) is 18.7 Å². The fourth-order valence-electron chi connectivity index (χ4n) is 1.73. The molecule has 1 saturated heterocycles. The molecule has 1 aliphatic rings. The molecule has 2 N–H and O–H groups in total. The standard InChI is InChI=1S/C11H11F3N2O2/c12-11(13,14)18-8-3-1-7(2-4-8)9-10(17)16-6-5-15-9/h1-4,9,15H,5-6H2,(H,16,17). The molecule has 0 spiro atoms. The number of carbonyl (C=O) groups excluding carboxylic acids is 1. The van der Waals surface area contributed by atoms with Crippen molar-refractivity contribution in [3.8, 4) is 5.75 Å². The van der Waals surface area contributed by atoms with Crippen molar-refractivity contribution in [3.05, 3.63) is 29.8 Å². The van der Waals surface area contributed by atoms with E-state index >= 15 is 0 Å². The van der Waals surface area contributed by atoms with Crippen molar-refractivity contribution in [1.29, 1.82) is 0 Å². The van der Waals surface area contributed by atoms with Crippen molar-refractivity contribution in [2.75, 3.05) is 13.1 Å². The molecule has 1 aliphatic heterocycles. The second-order valence-corrected chi connectivity index (χ2v) is 3.80. The molecule has 0 radical (unpaired) electrons. The Kier molecular flexibility index (Phi) is 3.42. The number of ether oxygens (including phenoxy) is 1. The van der Waals surface area contributed by atoms with Gasteiger partial charge in [0.05, 0.1) is 0 Å². The predicted octanol–water partition coefficient (Wildman–Crippen LogP) is 1.35. The number of amides is 1. The van der Waals surface area contributed by atoms with E-state index in [1.807, 2.05) is 0 Å². The fourth-order valence-corrected chi connectivity index (χ4v) is 1.73. The van der Waals surface area contributed by atoms with Crippen molar-refractivity contribution >= 4 is 5.91 Å². The van der Waals surface area contributed by atoms with Gasteiger partial charge in [0.2, 0.25) is 5.91 Å². The van der Waals surface area contributed by atoms with E-state index in [1.54, 1.807) is 0 Å². The van der Waals surface area contributed by atoms with Gasteiger partial charge in [0, 0.05) is 13.1 Å². The molecular formula is C11H11F3N2O2. The highest BCUT2D eigenvalue weighted by Crippen LogP contribution is 2.24. The maximum absolute atomic E-state index is 12.0. The summed E-state index contributed by atoms with van der Waals surface area (Å²) in [6.07, 6.45) is -4.71. The molecule has 98 valence electrons. The summed E-state index contributed by atoms with van der Waals surface area (Å²) in [4.78, 5) is 11.5. The summed E-state index contributed by atoms with van der Waals surface area (Å²) in [7, 11) is 0. The Morgan fingerprint density at radius 3 is 2.39 bits per heavy atom. The van der Waals surface area contributed by atoms with Gasteiger partial charge < -0.3 is 15.4 Å². The third kappa shape index (κ3) is 3.13. The molecule has 1 heterocycles. The number of benzene rings is 1. The lowest BCUT2D eigenvalue weighted by Crippen LogP contribution is -2.47. The molecule has 1 aromatic carbocycles. The Morgan fingerprint density at radius 1 is 1.17 bits per heavy atom. The lowest BCUT2D eigenvalue weighted by atomic mass is 10.0. The van der Waals surface area contributed by atoms with Gasteiger partial charge in [-0.3, -0.25) is 4.79 Å². The quantitative estimate of drug-likeness (QED) is 0.843. The number of nitrogens with one attached hydrogen (secondary N) is 2. The summed E-state index contributed by atoms with van der Waals surface area (Å²) < 4.78 is 39.6. The minimum atomic E-state index is -4.71. The summed E-state index contributed by atoms with van der Waals surface area (Å²) in [5, 5.41) is 5.65. The zero-order valence-electron chi connectivity index (χ0n) is 9.25. The topological polar surface area (TPSA) is 50.4 Å². The molecular weight excluding hydrogens is 249 g/mol. The van der Waals surface area contributed by atoms with Crippen LogP contribution in [0.15, 0.2) is 24.3 Å². The third-order valence-corrected chi connectivity index (χ3v) is 2.48. The van der Waals surface area contributed by atoms with E-state index in [9.17, 15) is 18.0 Å². The van der Waals surface area contributed by atoms with Gasteiger partial charge in [-0.05, 0) is 17.7 Å². The van der Waals surface area contributed by atoms with Crippen molar-refractivity contribution in [3.63, 3.8) is 0 Å². The van der Waals surface area contributed by atoms with Crippen molar-refractivity contribution in [1.82, 2.24) is 10.6 Å². The average Bonchev–Trinajstić information content (AvgIpc) is 2.29. The van der Waals surface area contributed by atoms with E-state index in [1.165, 1.54) is 24.3 Å². The first-order chi connectivity index (χ1) is 8.46. The maximum atomic E-state index is 12.0. The van der Waals surface area contributed by atoms with Crippen LogP contribution in [-0.4, -0.2) is 25.4 Å². The molecule has 1 atom stereocenters. The number of alkyl halides is 3. The molecule has 0 saturated carbocycles. The van der Waals surface area contributed by atoms with Gasteiger partial charge in [-0.1, -0.05) is 12.1 Å². The van der Waals surface area contributed by atoms with Gasteiger partial charge in [-0.25, -0.2) is 0 Å². The van der Waals surface area contributed by atoms with Crippen LogP contribution < -0.4 is 15.4 Å². The molecule has 1 unspecified atom stereocenters. The van der Waals surface area contributed by atoms with Crippen LogP contribution >= 0.6 is 0 Å². The first-order valence-corrected chi connectivity index (χ1v) is 5.32. The van der Waals surface area contributed by atoms with Gasteiger partial charge in [-0.2, -0.15) is 0 Å². The lowest BCUT2D eigenvalue weighted by molar-refractivity contribution is -0.274. The largest absolute Gasteiger partial charge is 0.573 e. The van der Waals surface area contributed by atoms with E-state index in [4.69, 9.17) is 0 Å². The van der Waals surface area contributed by atoms with Crippen LogP contribution in [0.1, 0.15) is 11.6 Å². The summed E-state index contributed by atoms with van der Waals surface area (Å²) in [5.41, 5.74) is 0.599. The number of rotatable bonds is 2. The van der Waals surface area contributed by atoms with Gasteiger partial charge in [0.15, 0.2) is 0 Å². The van der Waals surface area contributed by atoms with Crippen LogP contribution in [0, 0.1) is 0 Å². The van der Waals surface area contributed by atoms with Gasteiger partial charge in [-0.15, -0.1) is 13.2 Å². The summed E-state index contributed by atoms with van der Waals surface area (Å²) in [6.45, 7) is 1.17. The van der Waals surface area contributed by atoms with Crippen molar-refractivity contribution in [2.24, 2.45) is 0 Å². The molecule has 0 bridgehead atoms. The van der Waals surface area contributed by atoms with E-state index in [0.717, 1.165) is 0 Å². The van der Waals surface area contributed by atoms with Crippen LogP contribution in [0.5, 0.6) is 5.75 Å². The van der Waals surface area contributed by atoms with Crippen LogP contribution in [-0.2, 0) is 4.79 Å². The van der Waals surface area contributed by atoms with E-state index < -0.39 is 12.4 Å². The fraction of sp³-hybridized carbons (Fsp3) is 0.364. The second-order valence-electron chi connectivity index (χ2n) is 3.80. The maximum Gasteiger partial charge on any atom is 0.573 e. The highest BCUT2D eigenvalue weighted by Gasteiger charge is 2.31. The summed E-state index contributed by atoms with van der Waals surface area (Å²) >= 11 is 0.